The quantitative estimate of drug-likeness (QED) is 0.355. The fourth-order valence-electron chi connectivity index (χ4n) is 3.22. The Morgan fingerprint density at radius 2 is 0.750 bits per heavy atom. The maximum Gasteiger partial charge on any atom is 0.317 e. The van der Waals surface area contributed by atoms with E-state index in [-0.39, 0.29) is 39.3 Å². The Morgan fingerprint density at radius 3 is 0.969 bits per heavy atom. The highest BCUT2D eigenvalue weighted by Crippen LogP contribution is 2.21. The van der Waals surface area contributed by atoms with Crippen molar-refractivity contribution in [2.75, 3.05) is 26.2 Å². The summed E-state index contributed by atoms with van der Waals surface area (Å²) in [7, 11) is 0. The molecule has 10 heteroatoms. The Labute approximate surface area is 183 Å². The zero-order chi connectivity index (χ0) is 23.7. The molecule has 170 valence electrons. The molecule has 4 N–H and O–H groups in total. The lowest BCUT2D eigenvalue weighted by molar-refractivity contribution is -0.144. The van der Waals surface area contributed by atoms with Crippen molar-refractivity contribution in [1.82, 2.24) is 9.80 Å². The number of carbonyl (C=O) groups is 4. The first-order valence-electron chi connectivity index (χ1n) is 9.62. The van der Waals surface area contributed by atoms with Crippen LogP contribution in [-0.2, 0) is 32.3 Å². The van der Waals surface area contributed by atoms with Gasteiger partial charge in [0.15, 0.2) is 0 Å². The number of carboxylic acids is 4. The first-order valence-corrected chi connectivity index (χ1v) is 9.62. The largest absolute Gasteiger partial charge is 0.480 e. The van der Waals surface area contributed by atoms with E-state index in [1.54, 1.807) is 24.3 Å². The highest BCUT2D eigenvalue weighted by Gasteiger charge is 2.15. The molecular weight excluding hydrogens is 420 g/mol. The summed E-state index contributed by atoms with van der Waals surface area (Å²) in [5.41, 5.74) is 3.31. The number of nitrogens with zero attached hydrogens (tertiary/aromatic N) is 2. The lowest BCUT2D eigenvalue weighted by Crippen LogP contribution is -2.33. The minimum Gasteiger partial charge on any atom is -0.480 e. The summed E-state index contributed by atoms with van der Waals surface area (Å²) in [6, 6.07) is 14.5. The molecule has 2 rings (SSSR count). The first-order chi connectivity index (χ1) is 15.1. The van der Waals surface area contributed by atoms with Crippen molar-refractivity contribution >= 4 is 23.9 Å². The Balaban J connectivity index is 2.06. The molecule has 0 unspecified atom stereocenters. The van der Waals surface area contributed by atoms with Crippen LogP contribution in [-0.4, -0.2) is 80.3 Å². The van der Waals surface area contributed by atoms with E-state index in [2.05, 4.69) is 0 Å². The lowest BCUT2D eigenvalue weighted by atomic mass is 10.0. The molecule has 0 spiro atoms. The molecule has 2 aromatic carbocycles. The first kappa shape index (κ1) is 24.5. The third-order valence-electron chi connectivity index (χ3n) is 4.49. The predicted octanol–water partition coefficient (Wildman–Crippen LogP) is 1.30. The summed E-state index contributed by atoms with van der Waals surface area (Å²) in [5.74, 6) is -4.41. The highest BCUT2D eigenvalue weighted by molar-refractivity contribution is 5.73. The molecule has 0 aliphatic rings. The summed E-state index contributed by atoms with van der Waals surface area (Å²) < 4.78 is 0. The number of aliphatic carboxylic acids is 4. The molecule has 32 heavy (non-hydrogen) atoms. The molecule has 2 aromatic rings. The van der Waals surface area contributed by atoms with Gasteiger partial charge in [0.1, 0.15) is 0 Å². The standard InChI is InChI=1S/C22H24N2O8/c25-19(26)11-23(12-20(27)28)9-15-1-5-17(6-2-15)18-7-3-16(4-8-18)10-24(13-21(29)30)14-22(31)32/h1-8H,9-14H2,(H,25,26)(H,27,28)(H,29,30)(H,31,32). The van der Waals surface area contributed by atoms with Crippen LogP contribution in [0.25, 0.3) is 11.1 Å². The topological polar surface area (TPSA) is 156 Å². The number of carboxylic acid groups (broad SMARTS) is 4. The third-order valence-corrected chi connectivity index (χ3v) is 4.49. The average Bonchev–Trinajstić information content (AvgIpc) is 2.67. The van der Waals surface area contributed by atoms with Crippen LogP contribution in [0.1, 0.15) is 11.1 Å². The number of hydrogen-bond acceptors (Lipinski definition) is 6. The van der Waals surface area contributed by atoms with Gasteiger partial charge in [0.2, 0.25) is 0 Å². The fourth-order valence-corrected chi connectivity index (χ4v) is 3.22. The Kier molecular flexibility index (Phi) is 8.87. The molecule has 0 amide bonds. The summed E-state index contributed by atoms with van der Waals surface area (Å²) in [6.45, 7) is -1.15. The van der Waals surface area contributed by atoms with Gasteiger partial charge in [-0.05, 0) is 22.3 Å². The van der Waals surface area contributed by atoms with E-state index in [0.29, 0.717) is 0 Å². The van der Waals surface area contributed by atoms with Crippen molar-refractivity contribution < 1.29 is 39.6 Å². The molecule has 0 bridgehead atoms. The molecular formula is C22H24N2O8. The van der Waals surface area contributed by atoms with Gasteiger partial charge in [-0.25, -0.2) is 0 Å². The molecule has 0 aliphatic heterocycles. The predicted molar refractivity (Wildman–Crippen MR) is 113 cm³/mol. The lowest BCUT2D eigenvalue weighted by Gasteiger charge is -2.18. The van der Waals surface area contributed by atoms with E-state index in [0.717, 1.165) is 22.3 Å². The smallest absolute Gasteiger partial charge is 0.317 e. The molecule has 0 radical (unpaired) electrons. The van der Waals surface area contributed by atoms with Crippen LogP contribution in [0, 0.1) is 0 Å². The van der Waals surface area contributed by atoms with Gasteiger partial charge >= 0.3 is 23.9 Å². The molecule has 0 aliphatic carbocycles. The van der Waals surface area contributed by atoms with Gasteiger partial charge in [0.05, 0.1) is 26.2 Å². The van der Waals surface area contributed by atoms with Gasteiger partial charge in [-0.3, -0.25) is 29.0 Å². The van der Waals surface area contributed by atoms with Gasteiger partial charge in [0.25, 0.3) is 0 Å². The average molecular weight is 444 g/mol. The number of rotatable bonds is 13. The second-order valence-electron chi connectivity index (χ2n) is 7.26. The van der Waals surface area contributed by atoms with Gasteiger partial charge in [-0.2, -0.15) is 0 Å². The van der Waals surface area contributed by atoms with Crippen LogP contribution < -0.4 is 0 Å². The van der Waals surface area contributed by atoms with Crippen LogP contribution in [0.3, 0.4) is 0 Å². The number of hydrogen-bond donors (Lipinski definition) is 4. The van der Waals surface area contributed by atoms with Crippen LogP contribution >= 0.6 is 0 Å². The summed E-state index contributed by atoms with van der Waals surface area (Å²) in [6.07, 6.45) is 0. The van der Waals surface area contributed by atoms with Gasteiger partial charge in [-0.1, -0.05) is 48.5 Å². The molecule has 0 aromatic heterocycles. The van der Waals surface area contributed by atoms with Crippen molar-refractivity contribution in [2.24, 2.45) is 0 Å². The second kappa shape index (κ2) is 11.6. The van der Waals surface area contributed by atoms with Crippen molar-refractivity contribution in [3.63, 3.8) is 0 Å². The zero-order valence-corrected chi connectivity index (χ0v) is 17.2. The molecule has 0 fully saturated rings. The summed E-state index contributed by atoms with van der Waals surface area (Å²) in [4.78, 5) is 46.3. The van der Waals surface area contributed by atoms with Crippen molar-refractivity contribution in [2.45, 2.75) is 13.1 Å². The van der Waals surface area contributed by atoms with Crippen molar-refractivity contribution in [3.05, 3.63) is 59.7 Å². The zero-order valence-electron chi connectivity index (χ0n) is 17.2. The molecule has 0 saturated heterocycles. The summed E-state index contributed by atoms with van der Waals surface area (Å²) in [5, 5.41) is 35.7. The van der Waals surface area contributed by atoms with Gasteiger partial charge in [-0.15, -0.1) is 0 Å². The van der Waals surface area contributed by atoms with E-state index in [4.69, 9.17) is 20.4 Å². The maximum atomic E-state index is 10.9. The monoisotopic (exact) mass is 444 g/mol. The van der Waals surface area contributed by atoms with Crippen molar-refractivity contribution in [1.29, 1.82) is 0 Å². The van der Waals surface area contributed by atoms with Gasteiger partial charge in [0, 0.05) is 13.1 Å². The van der Waals surface area contributed by atoms with Crippen LogP contribution in [0.15, 0.2) is 48.5 Å². The SMILES string of the molecule is O=C(O)CN(CC(=O)O)Cc1ccc(-c2ccc(CN(CC(=O)O)CC(=O)O)cc2)cc1. The third kappa shape index (κ3) is 8.54. The van der Waals surface area contributed by atoms with Crippen LogP contribution in [0.2, 0.25) is 0 Å². The van der Waals surface area contributed by atoms with Gasteiger partial charge < -0.3 is 20.4 Å². The fraction of sp³-hybridized carbons (Fsp3) is 0.273. The molecule has 10 nitrogen and oxygen atoms in total. The Bertz CT molecular complexity index is 845. The van der Waals surface area contributed by atoms with Crippen molar-refractivity contribution in [3.8, 4) is 11.1 Å². The van der Waals surface area contributed by atoms with E-state index in [9.17, 15) is 19.2 Å². The number of benzene rings is 2. The second-order valence-corrected chi connectivity index (χ2v) is 7.26. The van der Waals surface area contributed by atoms with E-state index in [1.807, 2.05) is 24.3 Å². The summed E-state index contributed by atoms with van der Waals surface area (Å²) >= 11 is 0. The minimum atomic E-state index is -1.10. The Hall–Kier alpha value is -3.76. The van der Waals surface area contributed by atoms with Crippen LogP contribution in [0.4, 0.5) is 0 Å². The molecule has 0 atom stereocenters. The van der Waals surface area contributed by atoms with Crippen LogP contribution in [0.5, 0.6) is 0 Å². The maximum absolute atomic E-state index is 10.9. The normalized spacial score (nSPS) is 10.9. The molecule has 0 saturated carbocycles. The van der Waals surface area contributed by atoms with E-state index >= 15 is 0 Å². The Morgan fingerprint density at radius 1 is 0.500 bits per heavy atom. The molecule has 0 heterocycles. The minimum absolute atomic E-state index is 0.181. The highest BCUT2D eigenvalue weighted by atomic mass is 16.4. The van der Waals surface area contributed by atoms with E-state index < -0.39 is 23.9 Å². The van der Waals surface area contributed by atoms with E-state index in [1.165, 1.54) is 9.80 Å².